The van der Waals surface area contributed by atoms with Gasteiger partial charge in [-0.1, -0.05) is 19.3 Å². The second-order valence-electron chi connectivity index (χ2n) is 6.11. The minimum absolute atomic E-state index is 0.0223. The van der Waals surface area contributed by atoms with Gasteiger partial charge in [0.15, 0.2) is 0 Å². The van der Waals surface area contributed by atoms with Crippen LogP contribution < -0.4 is 5.32 Å². The number of carbonyl (C=O) groups excluding carboxylic acids is 1. The molecule has 21 heavy (non-hydrogen) atoms. The van der Waals surface area contributed by atoms with Gasteiger partial charge < -0.3 is 10.4 Å². The first-order valence-corrected chi connectivity index (χ1v) is 8.40. The molecule has 0 bridgehead atoms. The summed E-state index contributed by atoms with van der Waals surface area (Å²) in [5.41, 5.74) is 0.858. The van der Waals surface area contributed by atoms with E-state index in [1.807, 2.05) is 18.4 Å². The number of carboxylic acid groups (broad SMARTS) is 1. The SMILES string of the molecule is Cc1ccsc1CNC(=O)CC1(CC(=O)O)CCCCC1. The third-order valence-corrected chi connectivity index (χ3v) is 5.41. The zero-order valence-electron chi connectivity index (χ0n) is 12.5. The second kappa shape index (κ2) is 7.07. The Kier molecular flexibility index (Phi) is 5.39. The smallest absolute Gasteiger partial charge is 0.303 e. The predicted molar refractivity (Wildman–Crippen MR) is 83.3 cm³/mol. The molecule has 1 amide bonds. The molecule has 1 heterocycles. The number of aryl methyl sites for hydroxylation is 1. The van der Waals surface area contributed by atoms with Gasteiger partial charge in [0.1, 0.15) is 0 Å². The highest BCUT2D eigenvalue weighted by Crippen LogP contribution is 2.42. The lowest BCUT2D eigenvalue weighted by atomic mass is 9.69. The average Bonchev–Trinajstić information content (AvgIpc) is 2.82. The standard InChI is InChI=1S/C16H23NO3S/c1-12-5-8-21-13(12)11-17-14(18)9-16(10-15(19)20)6-3-2-4-7-16/h5,8H,2-4,6-7,9-11H2,1H3,(H,17,18)(H,19,20). The fraction of sp³-hybridized carbons (Fsp3) is 0.625. The zero-order chi connectivity index (χ0) is 15.3. The molecule has 0 atom stereocenters. The minimum Gasteiger partial charge on any atom is -0.481 e. The van der Waals surface area contributed by atoms with Crippen LogP contribution in [0.25, 0.3) is 0 Å². The predicted octanol–water partition coefficient (Wildman–Crippen LogP) is 3.49. The fourth-order valence-electron chi connectivity index (χ4n) is 3.21. The summed E-state index contributed by atoms with van der Waals surface area (Å²) in [6.45, 7) is 2.58. The lowest BCUT2D eigenvalue weighted by Crippen LogP contribution is -2.34. The molecule has 1 saturated carbocycles. The van der Waals surface area contributed by atoms with E-state index in [0.717, 1.165) is 32.1 Å². The minimum atomic E-state index is -0.793. The molecule has 2 rings (SSSR count). The maximum Gasteiger partial charge on any atom is 0.303 e. The van der Waals surface area contributed by atoms with E-state index in [9.17, 15) is 9.59 Å². The van der Waals surface area contributed by atoms with Crippen LogP contribution in [-0.4, -0.2) is 17.0 Å². The maximum absolute atomic E-state index is 12.2. The lowest BCUT2D eigenvalue weighted by molar-refractivity contribution is -0.141. The highest BCUT2D eigenvalue weighted by Gasteiger charge is 2.36. The normalized spacial score (nSPS) is 17.4. The quantitative estimate of drug-likeness (QED) is 0.845. The van der Waals surface area contributed by atoms with E-state index in [2.05, 4.69) is 5.32 Å². The number of rotatable bonds is 6. The maximum atomic E-state index is 12.2. The van der Waals surface area contributed by atoms with E-state index >= 15 is 0 Å². The zero-order valence-corrected chi connectivity index (χ0v) is 13.3. The summed E-state index contributed by atoms with van der Waals surface area (Å²) >= 11 is 1.64. The molecule has 0 radical (unpaired) electrons. The average molecular weight is 309 g/mol. The van der Waals surface area contributed by atoms with E-state index < -0.39 is 5.97 Å². The Balaban J connectivity index is 1.91. The molecule has 0 unspecified atom stereocenters. The van der Waals surface area contributed by atoms with E-state index in [1.54, 1.807) is 11.3 Å². The van der Waals surface area contributed by atoms with Crippen molar-refractivity contribution < 1.29 is 14.7 Å². The van der Waals surface area contributed by atoms with Crippen molar-refractivity contribution in [1.29, 1.82) is 0 Å². The molecule has 116 valence electrons. The van der Waals surface area contributed by atoms with Gasteiger partial charge >= 0.3 is 5.97 Å². The first kappa shape index (κ1) is 16.0. The van der Waals surface area contributed by atoms with Crippen LogP contribution >= 0.6 is 11.3 Å². The molecule has 0 aromatic carbocycles. The van der Waals surface area contributed by atoms with Crippen molar-refractivity contribution >= 4 is 23.2 Å². The molecular formula is C16H23NO3S. The van der Waals surface area contributed by atoms with E-state index in [1.165, 1.54) is 10.4 Å². The number of carbonyl (C=O) groups is 2. The first-order chi connectivity index (χ1) is 10.0. The molecule has 0 aliphatic heterocycles. The summed E-state index contributed by atoms with van der Waals surface area (Å²) in [4.78, 5) is 24.5. The molecular weight excluding hydrogens is 286 g/mol. The van der Waals surface area contributed by atoms with Crippen LogP contribution in [-0.2, 0) is 16.1 Å². The van der Waals surface area contributed by atoms with Crippen LogP contribution in [0.3, 0.4) is 0 Å². The van der Waals surface area contributed by atoms with Crippen molar-refractivity contribution in [2.45, 2.75) is 58.4 Å². The summed E-state index contributed by atoms with van der Waals surface area (Å²) in [6.07, 6.45) is 5.37. The van der Waals surface area contributed by atoms with Gasteiger partial charge in [-0.25, -0.2) is 0 Å². The molecule has 1 aliphatic carbocycles. The third kappa shape index (κ3) is 4.56. The van der Waals surface area contributed by atoms with Crippen molar-refractivity contribution in [3.05, 3.63) is 21.9 Å². The van der Waals surface area contributed by atoms with Gasteiger partial charge in [-0.15, -0.1) is 11.3 Å². The summed E-state index contributed by atoms with van der Waals surface area (Å²) in [7, 11) is 0. The van der Waals surface area contributed by atoms with Crippen LogP contribution in [0.5, 0.6) is 0 Å². The Morgan fingerprint density at radius 2 is 2.00 bits per heavy atom. The molecule has 1 aromatic heterocycles. The third-order valence-electron chi connectivity index (χ3n) is 4.39. The Labute approximate surface area is 129 Å². The Morgan fingerprint density at radius 3 is 2.57 bits per heavy atom. The van der Waals surface area contributed by atoms with Gasteiger partial charge in [0.25, 0.3) is 0 Å². The van der Waals surface area contributed by atoms with Gasteiger partial charge in [-0.05, 0) is 42.2 Å². The second-order valence-corrected chi connectivity index (χ2v) is 7.11. The molecule has 1 fully saturated rings. The number of hydrogen-bond acceptors (Lipinski definition) is 3. The largest absolute Gasteiger partial charge is 0.481 e. The number of aliphatic carboxylic acids is 1. The summed E-state index contributed by atoms with van der Waals surface area (Å²) in [5, 5.41) is 14.1. The summed E-state index contributed by atoms with van der Waals surface area (Å²) in [6, 6.07) is 2.04. The summed E-state index contributed by atoms with van der Waals surface area (Å²) in [5.74, 6) is -0.815. The van der Waals surface area contributed by atoms with Crippen LogP contribution in [0.2, 0.25) is 0 Å². The highest BCUT2D eigenvalue weighted by atomic mass is 32.1. The van der Waals surface area contributed by atoms with Crippen LogP contribution in [0.15, 0.2) is 11.4 Å². The number of thiophene rings is 1. The van der Waals surface area contributed by atoms with Gasteiger partial charge in [0.2, 0.25) is 5.91 Å². The van der Waals surface area contributed by atoms with Crippen molar-refractivity contribution in [2.24, 2.45) is 5.41 Å². The van der Waals surface area contributed by atoms with Crippen LogP contribution in [0, 0.1) is 12.3 Å². The van der Waals surface area contributed by atoms with Crippen molar-refractivity contribution in [3.63, 3.8) is 0 Å². The first-order valence-electron chi connectivity index (χ1n) is 7.52. The molecule has 1 aliphatic rings. The molecule has 0 spiro atoms. The van der Waals surface area contributed by atoms with Crippen LogP contribution in [0.4, 0.5) is 0 Å². The van der Waals surface area contributed by atoms with Crippen molar-refractivity contribution in [2.75, 3.05) is 0 Å². The molecule has 4 nitrogen and oxygen atoms in total. The number of hydrogen-bond donors (Lipinski definition) is 2. The number of nitrogens with one attached hydrogen (secondary N) is 1. The molecule has 2 N–H and O–H groups in total. The topological polar surface area (TPSA) is 66.4 Å². The number of amides is 1. The van der Waals surface area contributed by atoms with E-state index in [-0.39, 0.29) is 17.7 Å². The lowest BCUT2D eigenvalue weighted by Gasteiger charge is -2.35. The van der Waals surface area contributed by atoms with E-state index in [0.29, 0.717) is 13.0 Å². The Hall–Kier alpha value is -1.36. The molecule has 0 saturated heterocycles. The van der Waals surface area contributed by atoms with E-state index in [4.69, 9.17) is 5.11 Å². The van der Waals surface area contributed by atoms with Gasteiger partial charge in [0.05, 0.1) is 13.0 Å². The molecule has 1 aromatic rings. The van der Waals surface area contributed by atoms with Crippen LogP contribution in [0.1, 0.15) is 55.4 Å². The Bertz CT molecular complexity index is 503. The molecule has 5 heteroatoms. The fourth-order valence-corrected chi connectivity index (χ4v) is 4.05. The monoisotopic (exact) mass is 309 g/mol. The summed E-state index contributed by atoms with van der Waals surface area (Å²) < 4.78 is 0. The van der Waals surface area contributed by atoms with Gasteiger partial charge in [-0.3, -0.25) is 9.59 Å². The van der Waals surface area contributed by atoms with Crippen molar-refractivity contribution in [1.82, 2.24) is 5.32 Å². The van der Waals surface area contributed by atoms with Gasteiger partial charge in [0, 0.05) is 11.3 Å². The van der Waals surface area contributed by atoms with Crippen molar-refractivity contribution in [3.8, 4) is 0 Å². The highest BCUT2D eigenvalue weighted by molar-refractivity contribution is 7.10. The number of carboxylic acids is 1. The Morgan fingerprint density at radius 1 is 1.29 bits per heavy atom. The van der Waals surface area contributed by atoms with Gasteiger partial charge in [-0.2, -0.15) is 0 Å².